The van der Waals surface area contributed by atoms with E-state index in [0.29, 0.717) is 22.2 Å². The van der Waals surface area contributed by atoms with Gasteiger partial charge in [0.25, 0.3) is 0 Å². The molecule has 1 amide bonds. The molecule has 1 fully saturated rings. The van der Waals surface area contributed by atoms with Crippen LogP contribution in [0, 0.1) is 5.82 Å². The van der Waals surface area contributed by atoms with E-state index in [1.807, 2.05) is 0 Å². The molecule has 0 spiro atoms. The van der Waals surface area contributed by atoms with Gasteiger partial charge >= 0.3 is 5.97 Å². The highest BCUT2D eigenvalue weighted by Gasteiger charge is 2.29. The fourth-order valence-corrected chi connectivity index (χ4v) is 3.18. The molecule has 0 bridgehead atoms. The molecule has 25 heavy (non-hydrogen) atoms. The van der Waals surface area contributed by atoms with Gasteiger partial charge in [-0.3, -0.25) is 9.69 Å². The SMILES string of the molecule is CCOC(=O)/C=C1\SCC(=O)N1Cc1ncc(-c2ccc(F)cc2)o1. The van der Waals surface area contributed by atoms with Gasteiger partial charge in [-0.05, 0) is 31.2 Å². The molecule has 2 aromatic rings. The van der Waals surface area contributed by atoms with Crippen molar-refractivity contribution in [1.82, 2.24) is 9.88 Å². The van der Waals surface area contributed by atoms with Gasteiger partial charge in [0.05, 0.1) is 29.7 Å². The van der Waals surface area contributed by atoms with Crippen molar-refractivity contribution in [2.75, 3.05) is 12.4 Å². The largest absolute Gasteiger partial charge is 0.463 e. The first-order chi connectivity index (χ1) is 12.1. The molecule has 0 N–H and O–H groups in total. The van der Waals surface area contributed by atoms with E-state index in [4.69, 9.17) is 9.15 Å². The number of oxazole rings is 1. The van der Waals surface area contributed by atoms with Crippen LogP contribution >= 0.6 is 11.8 Å². The molecule has 8 heteroatoms. The molecule has 0 atom stereocenters. The molecular weight excluding hydrogens is 347 g/mol. The summed E-state index contributed by atoms with van der Waals surface area (Å²) in [6.07, 6.45) is 2.81. The Bertz CT molecular complexity index is 816. The molecule has 1 aliphatic rings. The molecule has 1 aromatic heterocycles. The quantitative estimate of drug-likeness (QED) is 0.601. The maximum Gasteiger partial charge on any atom is 0.333 e. The highest BCUT2D eigenvalue weighted by atomic mass is 32.2. The lowest BCUT2D eigenvalue weighted by molar-refractivity contribution is -0.137. The molecule has 1 aliphatic heterocycles. The summed E-state index contributed by atoms with van der Waals surface area (Å²) in [5.74, 6) is 0.0785. The van der Waals surface area contributed by atoms with Crippen LogP contribution in [0.15, 0.2) is 46.0 Å². The van der Waals surface area contributed by atoms with Crippen LogP contribution in [0.3, 0.4) is 0 Å². The number of carbonyl (C=O) groups excluding carboxylic acids is 2. The molecule has 0 unspecified atom stereocenters. The normalized spacial score (nSPS) is 15.8. The third-order valence-corrected chi connectivity index (χ3v) is 4.44. The Labute approximate surface area is 147 Å². The van der Waals surface area contributed by atoms with Crippen molar-refractivity contribution in [2.45, 2.75) is 13.5 Å². The average molecular weight is 362 g/mol. The number of hydrogen-bond acceptors (Lipinski definition) is 6. The Hall–Kier alpha value is -2.61. The molecule has 0 aliphatic carbocycles. The third-order valence-electron chi connectivity index (χ3n) is 3.41. The Balaban J connectivity index is 1.75. The van der Waals surface area contributed by atoms with Gasteiger partial charge < -0.3 is 9.15 Å². The number of halogens is 1. The molecule has 1 aromatic carbocycles. The predicted molar refractivity (Wildman–Crippen MR) is 89.6 cm³/mol. The minimum Gasteiger partial charge on any atom is -0.463 e. The van der Waals surface area contributed by atoms with Crippen LogP contribution in [-0.4, -0.2) is 34.1 Å². The molecule has 0 saturated carbocycles. The molecule has 6 nitrogen and oxygen atoms in total. The summed E-state index contributed by atoms with van der Waals surface area (Å²) in [5, 5.41) is 0.505. The Morgan fingerprint density at radius 3 is 2.92 bits per heavy atom. The number of carbonyl (C=O) groups is 2. The van der Waals surface area contributed by atoms with Crippen molar-refractivity contribution < 1.29 is 23.1 Å². The molecular formula is C17H15FN2O4S. The van der Waals surface area contributed by atoms with E-state index >= 15 is 0 Å². The third kappa shape index (κ3) is 4.08. The minimum atomic E-state index is -0.496. The van der Waals surface area contributed by atoms with Gasteiger partial charge in [0.2, 0.25) is 11.8 Å². The Morgan fingerprint density at radius 2 is 2.20 bits per heavy atom. The van der Waals surface area contributed by atoms with Crippen LogP contribution in [0.5, 0.6) is 0 Å². The van der Waals surface area contributed by atoms with E-state index in [1.165, 1.54) is 41.1 Å². The molecule has 130 valence electrons. The zero-order valence-electron chi connectivity index (χ0n) is 13.4. The molecule has 1 saturated heterocycles. The first-order valence-electron chi connectivity index (χ1n) is 7.59. The fourth-order valence-electron chi connectivity index (χ4n) is 2.25. The number of rotatable bonds is 5. The van der Waals surface area contributed by atoms with E-state index < -0.39 is 5.97 Å². The minimum absolute atomic E-state index is 0.109. The maximum atomic E-state index is 13.0. The lowest BCUT2D eigenvalue weighted by atomic mass is 10.2. The first-order valence-corrected chi connectivity index (χ1v) is 8.57. The lowest BCUT2D eigenvalue weighted by Gasteiger charge is -2.14. The van der Waals surface area contributed by atoms with Gasteiger partial charge in [-0.1, -0.05) is 11.8 Å². The van der Waals surface area contributed by atoms with Gasteiger partial charge in [-0.25, -0.2) is 14.2 Å². The fraction of sp³-hybridized carbons (Fsp3) is 0.235. The second-order valence-electron chi connectivity index (χ2n) is 5.13. The Kier molecular flexibility index (Phi) is 5.18. The van der Waals surface area contributed by atoms with Gasteiger partial charge in [-0.2, -0.15) is 0 Å². The van der Waals surface area contributed by atoms with Crippen molar-refractivity contribution in [3.63, 3.8) is 0 Å². The second kappa shape index (κ2) is 7.52. The van der Waals surface area contributed by atoms with Gasteiger partial charge in [0, 0.05) is 5.56 Å². The van der Waals surface area contributed by atoms with E-state index in [1.54, 1.807) is 19.1 Å². The van der Waals surface area contributed by atoms with Crippen molar-refractivity contribution in [3.05, 3.63) is 53.3 Å². The van der Waals surface area contributed by atoms with E-state index in [-0.39, 0.29) is 30.6 Å². The van der Waals surface area contributed by atoms with Gasteiger partial charge in [0.15, 0.2) is 5.76 Å². The van der Waals surface area contributed by atoms with Crippen LogP contribution in [0.4, 0.5) is 4.39 Å². The van der Waals surface area contributed by atoms with Crippen LogP contribution in [0.2, 0.25) is 0 Å². The number of thioether (sulfide) groups is 1. The number of ether oxygens (including phenoxy) is 1. The monoisotopic (exact) mass is 362 g/mol. The number of hydrogen-bond donors (Lipinski definition) is 0. The Morgan fingerprint density at radius 1 is 1.44 bits per heavy atom. The van der Waals surface area contributed by atoms with Crippen molar-refractivity contribution >= 4 is 23.6 Å². The summed E-state index contributed by atoms with van der Waals surface area (Å²) in [7, 11) is 0. The van der Waals surface area contributed by atoms with Crippen molar-refractivity contribution in [2.24, 2.45) is 0 Å². The van der Waals surface area contributed by atoms with Crippen molar-refractivity contribution in [3.8, 4) is 11.3 Å². The van der Waals surface area contributed by atoms with E-state index in [2.05, 4.69) is 4.98 Å². The summed E-state index contributed by atoms with van der Waals surface area (Å²) in [4.78, 5) is 29.2. The summed E-state index contributed by atoms with van der Waals surface area (Å²) >= 11 is 1.26. The molecule has 3 rings (SSSR count). The van der Waals surface area contributed by atoms with Gasteiger partial charge in [0.1, 0.15) is 12.4 Å². The zero-order valence-corrected chi connectivity index (χ0v) is 14.2. The average Bonchev–Trinajstić information content (AvgIpc) is 3.18. The number of benzene rings is 1. The number of amides is 1. The lowest BCUT2D eigenvalue weighted by Crippen LogP contribution is -2.24. The number of nitrogens with zero attached hydrogens (tertiary/aromatic N) is 2. The highest BCUT2D eigenvalue weighted by Crippen LogP contribution is 2.31. The smallest absolute Gasteiger partial charge is 0.333 e. The van der Waals surface area contributed by atoms with E-state index in [9.17, 15) is 14.0 Å². The number of aromatic nitrogens is 1. The maximum absolute atomic E-state index is 13.0. The summed E-state index contributed by atoms with van der Waals surface area (Å²) in [6.45, 7) is 2.09. The predicted octanol–water partition coefficient (Wildman–Crippen LogP) is 2.96. The highest BCUT2D eigenvalue weighted by molar-refractivity contribution is 8.04. The first kappa shape index (κ1) is 17.2. The van der Waals surface area contributed by atoms with Crippen LogP contribution in [0.1, 0.15) is 12.8 Å². The standard InChI is InChI=1S/C17H15FN2O4S/c1-2-23-17(22)7-16-20(15(21)10-25-16)9-14-19-8-13(24-14)11-3-5-12(18)6-4-11/h3-8H,2,9-10H2,1H3/b16-7-. The summed E-state index contributed by atoms with van der Waals surface area (Å²) in [6, 6.07) is 5.84. The van der Waals surface area contributed by atoms with E-state index in [0.717, 1.165) is 0 Å². The van der Waals surface area contributed by atoms with Crippen LogP contribution in [-0.2, 0) is 20.9 Å². The van der Waals surface area contributed by atoms with Crippen molar-refractivity contribution in [1.29, 1.82) is 0 Å². The topological polar surface area (TPSA) is 72.6 Å². The molecule has 2 heterocycles. The summed E-state index contributed by atoms with van der Waals surface area (Å²) < 4.78 is 23.5. The number of esters is 1. The van der Waals surface area contributed by atoms with Crippen LogP contribution < -0.4 is 0 Å². The van der Waals surface area contributed by atoms with Gasteiger partial charge in [-0.15, -0.1) is 0 Å². The summed E-state index contributed by atoms with van der Waals surface area (Å²) in [5.41, 5.74) is 0.685. The van der Waals surface area contributed by atoms with Crippen LogP contribution in [0.25, 0.3) is 11.3 Å². The zero-order chi connectivity index (χ0) is 17.8. The second-order valence-corrected chi connectivity index (χ2v) is 6.12. The molecule has 0 radical (unpaired) electrons.